The van der Waals surface area contributed by atoms with Gasteiger partial charge in [0.1, 0.15) is 0 Å². The van der Waals surface area contributed by atoms with Crippen LogP contribution in [-0.4, -0.2) is 41.1 Å². The van der Waals surface area contributed by atoms with E-state index in [1.807, 2.05) is 4.90 Å². The molecule has 92 valence electrons. The smallest absolute Gasteiger partial charge is 0.239 e. The number of nitrogens with two attached hydrogens (primary N) is 1. The lowest BCUT2D eigenvalue weighted by molar-refractivity contribution is -0.134. The summed E-state index contributed by atoms with van der Waals surface area (Å²) in [5.74, 6) is 0.0188. The molecule has 4 heteroatoms. The lowest BCUT2D eigenvalue weighted by Crippen LogP contribution is -2.50. The van der Waals surface area contributed by atoms with Crippen molar-refractivity contribution < 1.29 is 9.90 Å². The number of carbonyl (C=O) groups excluding carboxylic acids is 1. The van der Waals surface area contributed by atoms with Crippen LogP contribution in [0.4, 0.5) is 0 Å². The predicted molar refractivity (Wildman–Crippen MR) is 61.8 cm³/mol. The highest BCUT2D eigenvalue weighted by Crippen LogP contribution is 2.27. The van der Waals surface area contributed by atoms with Crippen LogP contribution in [0.15, 0.2) is 0 Å². The van der Waals surface area contributed by atoms with Crippen molar-refractivity contribution in [3.05, 3.63) is 0 Å². The average Bonchev–Trinajstić information content (AvgIpc) is 2.81. The summed E-state index contributed by atoms with van der Waals surface area (Å²) in [5, 5.41) is 9.88. The van der Waals surface area contributed by atoms with Gasteiger partial charge in [-0.15, -0.1) is 0 Å². The van der Waals surface area contributed by atoms with E-state index in [0.717, 1.165) is 51.6 Å². The Morgan fingerprint density at radius 1 is 1.19 bits per heavy atom. The first-order valence-electron chi connectivity index (χ1n) is 6.42. The molecule has 0 bridgehead atoms. The molecule has 0 aromatic heterocycles. The maximum Gasteiger partial charge on any atom is 0.239 e. The van der Waals surface area contributed by atoms with Gasteiger partial charge in [-0.25, -0.2) is 0 Å². The number of aliphatic hydroxyl groups is 1. The van der Waals surface area contributed by atoms with Gasteiger partial charge in [0, 0.05) is 19.0 Å². The molecule has 1 amide bonds. The lowest BCUT2D eigenvalue weighted by atomic mass is 9.81. The fourth-order valence-electron chi connectivity index (χ4n) is 2.89. The Balaban J connectivity index is 1.94. The SMILES string of the molecule is N[C@H](C(=O)N1CCCC1)[C@H]1CCCC[C@H]1O. The summed E-state index contributed by atoms with van der Waals surface area (Å²) in [4.78, 5) is 13.9. The van der Waals surface area contributed by atoms with E-state index in [9.17, 15) is 9.90 Å². The van der Waals surface area contributed by atoms with Gasteiger partial charge < -0.3 is 15.7 Å². The van der Waals surface area contributed by atoms with Crippen molar-refractivity contribution in [2.24, 2.45) is 11.7 Å². The minimum absolute atomic E-state index is 0.0261. The molecule has 2 rings (SSSR count). The van der Waals surface area contributed by atoms with Crippen molar-refractivity contribution in [1.82, 2.24) is 4.90 Å². The molecular weight excluding hydrogens is 204 g/mol. The number of rotatable bonds is 2. The van der Waals surface area contributed by atoms with Crippen molar-refractivity contribution in [3.8, 4) is 0 Å². The summed E-state index contributed by atoms with van der Waals surface area (Å²) < 4.78 is 0. The Kier molecular flexibility index (Phi) is 3.82. The van der Waals surface area contributed by atoms with Gasteiger partial charge in [0.25, 0.3) is 0 Å². The van der Waals surface area contributed by atoms with Crippen LogP contribution in [0.3, 0.4) is 0 Å². The minimum atomic E-state index is -0.492. The van der Waals surface area contributed by atoms with E-state index in [2.05, 4.69) is 0 Å². The molecule has 1 aliphatic carbocycles. The summed E-state index contributed by atoms with van der Waals surface area (Å²) >= 11 is 0. The van der Waals surface area contributed by atoms with Crippen molar-refractivity contribution in [2.45, 2.75) is 50.7 Å². The van der Waals surface area contributed by atoms with Crippen LogP contribution in [0.25, 0.3) is 0 Å². The Morgan fingerprint density at radius 2 is 1.81 bits per heavy atom. The summed E-state index contributed by atoms with van der Waals surface area (Å²) in [5.41, 5.74) is 6.01. The molecule has 4 nitrogen and oxygen atoms in total. The Bertz CT molecular complexity index is 251. The van der Waals surface area contributed by atoms with Gasteiger partial charge in [-0.3, -0.25) is 4.79 Å². The molecule has 1 saturated heterocycles. The summed E-state index contributed by atoms with van der Waals surface area (Å²) in [7, 11) is 0. The van der Waals surface area contributed by atoms with Crippen molar-refractivity contribution in [2.75, 3.05) is 13.1 Å². The van der Waals surface area contributed by atoms with Gasteiger partial charge in [-0.2, -0.15) is 0 Å². The molecule has 0 aromatic rings. The normalized spacial score (nSPS) is 32.8. The Hall–Kier alpha value is -0.610. The highest BCUT2D eigenvalue weighted by molar-refractivity contribution is 5.82. The fraction of sp³-hybridized carbons (Fsp3) is 0.917. The van der Waals surface area contributed by atoms with Crippen LogP contribution >= 0.6 is 0 Å². The highest BCUT2D eigenvalue weighted by Gasteiger charge is 2.35. The lowest BCUT2D eigenvalue weighted by Gasteiger charge is -2.33. The van der Waals surface area contributed by atoms with E-state index in [0.29, 0.717) is 0 Å². The largest absolute Gasteiger partial charge is 0.393 e. The van der Waals surface area contributed by atoms with E-state index in [-0.39, 0.29) is 17.9 Å². The van der Waals surface area contributed by atoms with Gasteiger partial charge in [-0.05, 0) is 25.7 Å². The first-order valence-corrected chi connectivity index (χ1v) is 6.42. The molecule has 16 heavy (non-hydrogen) atoms. The number of amides is 1. The van der Waals surface area contributed by atoms with E-state index < -0.39 is 6.04 Å². The van der Waals surface area contributed by atoms with Crippen LogP contribution < -0.4 is 5.73 Å². The third-order valence-corrected chi connectivity index (χ3v) is 3.95. The quantitative estimate of drug-likeness (QED) is 0.720. The first kappa shape index (κ1) is 11.9. The molecule has 2 fully saturated rings. The zero-order valence-corrected chi connectivity index (χ0v) is 9.77. The molecule has 0 spiro atoms. The molecule has 0 unspecified atom stereocenters. The maximum absolute atomic E-state index is 12.1. The van der Waals surface area contributed by atoms with Crippen LogP contribution in [0, 0.1) is 5.92 Å². The highest BCUT2D eigenvalue weighted by atomic mass is 16.3. The number of nitrogens with zero attached hydrogens (tertiary/aromatic N) is 1. The monoisotopic (exact) mass is 226 g/mol. The zero-order valence-electron chi connectivity index (χ0n) is 9.77. The number of likely N-dealkylation sites (tertiary alicyclic amines) is 1. The number of carbonyl (C=O) groups is 1. The molecule has 0 radical (unpaired) electrons. The van der Waals surface area contributed by atoms with Crippen molar-refractivity contribution in [1.29, 1.82) is 0 Å². The van der Waals surface area contributed by atoms with Crippen LogP contribution in [0.1, 0.15) is 38.5 Å². The van der Waals surface area contributed by atoms with Gasteiger partial charge in [0.05, 0.1) is 12.1 Å². The van der Waals surface area contributed by atoms with Crippen molar-refractivity contribution in [3.63, 3.8) is 0 Å². The van der Waals surface area contributed by atoms with Crippen LogP contribution in [-0.2, 0) is 4.79 Å². The Labute approximate surface area is 96.8 Å². The third kappa shape index (κ3) is 2.38. The number of hydrogen-bond acceptors (Lipinski definition) is 3. The van der Waals surface area contributed by atoms with Crippen molar-refractivity contribution >= 4 is 5.91 Å². The third-order valence-electron chi connectivity index (χ3n) is 3.95. The molecular formula is C12H22N2O2. The average molecular weight is 226 g/mol. The Morgan fingerprint density at radius 3 is 2.44 bits per heavy atom. The summed E-state index contributed by atoms with van der Waals surface area (Å²) in [6.07, 6.45) is 5.63. The van der Waals surface area contributed by atoms with Crippen LogP contribution in [0.5, 0.6) is 0 Å². The van der Waals surface area contributed by atoms with E-state index >= 15 is 0 Å². The molecule has 3 N–H and O–H groups in total. The van der Waals surface area contributed by atoms with E-state index in [1.165, 1.54) is 0 Å². The fourth-order valence-corrected chi connectivity index (χ4v) is 2.89. The number of hydrogen-bond donors (Lipinski definition) is 2. The molecule has 2 aliphatic rings. The molecule has 1 saturated carbocycles. The summed E-state index contributed by atoms with van der Waals surface area (Å²) in [6, 6.07) is -0.492. The van der Waals surface area contributed by atoms with Crippen LogP contribution in [0.2, 0.25) is 0 Å². The molecule has 1 heterocycles. The second kappa shape index (κ2) is 5.15. The molecule has 3 atom stereocenters. The van der Waals surface area contributed by atoms with E-state index in [4.69, 9.17) is 5.73 Å². The topological polar surface area (TPSA) is 66.6 Å². The molecule has 1 aliphatic heterocycles. The van der Waals surface area contributed by atoms with Gasteiger partial charge in [-0.1, -0.05) is 12.8 Å². The minimum Gasteiger partial charge on any atom is -0.393 e. The molecule has 0 aromatic carbocycles. The second-order valence-electron chi connectivity index (χ2n) is 5.07. The predicted octanol–water partition coefficient (Wildman–Crippen LogP) is 0.487. The maximum atomic E-state index is 12.1. The number of aliphatic hydroxyl groups excluding tert-OH is 1. The summed E-state index contributed by atoms with van der Waals surface area (Å²) in [6.45, 7) is 1.69. The van der Waals surface area contributed by atoms with Gasteiger partial charge in [0.2, 0.25) is 5.91 Å². The van der Waals surface area contributed by atoms with Gasteiger partial charge in [0.15, 0.2) is 0 Å². The first-order chi connectivity index (χ1) is 7.70. The zero-order chi connectivity index (χ0) is 11.5. The van der Waals surface area contributed by atoms with Gasteiger partial charge >= 0.3 is 0 Å². The second-order valence-corrected chi connectivity index (χ2v) is 5.07. The standard InChI is InChI=1S/C12H22N2O2/c13-11(9-5-1-2-6-10(9)15)12(16)14-7-3-4-8-14/h9-11,15H,1-8,13H2/t9-,10+,11-/m0/s1. The van der Waals surface area contributed by atoms with E-state index in [1.54, 1.807) is 0 Å².